The molecule has 126 valence electrons. The molecule has 1 amide bonds. The minimum absolute atomic E-state index is 0.191. The molecule has 1 saturated heterocycles. The van der Waals surface area contributed by atoms with Gasteiger partial charge >= 0.3 is 0 Å². The Bertz CT molecular complexity index is 866. The van der Waals surface area contributed by atoms with Crippen molar-refractivity contribution in [1.82, 2.24) is 4.72 Å². The first-order chi connectivity index (χ1) is 11.4. The lowest BCUT2D eigenvalue weighted by molar-refractivity contribution is -0.118. The van der Waals surface area contributed by atoms with Gasteiger partial charge in [0, 0.05) is 12.2 Å². The molecule has 0 bridgehead atoms. The van der Waals surface area contributed by atoms with E-state index in [1.807, 2.05) is 31.2 Å². The van der Waals surface area contributed by atoms with Gasteiger partial charge in [0.25, 0.3) is 0 Å². The minimum Gasteiger partial charge on any atom is -0.311 e. The number of nitrogens with zero attached hydrogens (tertiary/aromatic N) is 1. The van der Waals surface area contributed by atoms with Crippen LogP contribution < -0.4 is 9.62 Å². The van der Waals surface area contributed by atoms with Gasteiger partial charge in [0.2, 0.25) is 15.9 Å². The number of aryl methyl sites for hydroxylation is 1. The van der Waals surface area contributed by atoms with Crippen LogP contribution in [0.15, 0.2) is 53.4 Å². The van der Waals surface area contributed by atoms with Gasteiger partial charge in [-0.2, -0.15) is 4.72 Å². The summed E-state index contributed by atoms with van der Waals surface area (Å²) < 4.78 is 40.3. The first-order valence-corrected chi connectivity index (χ1v) is 9.01. The number of hydrogen-bond donors (Lipinski definition) is 1. The van der Waals surface area contributed by atoms with Gasteiger partial charge in [-0.3, -0.25) is 4.79 Å². The molecule has 1 N–H and O–H groups in total. The number of nitrogens with one attached hydrogen (secondary N) is 1. The van der Waals surface area contributed by atoms with E-state index in [2.05, 4.69) is 4.72 Å². The Hall–Kier alpha value is -2.25. The van der Waals surface area contributed by atoms with E-state index in [0.717, 1.165) is 17.3 Å². The Kier molecular flexibility index (Phi) is 4.38. The van der Waals surface area contributed by atoms with Crippen molar-refractivity contribution in [2.45, 2.75) is 24.3 Å². The maximum atomic E-state index is 13.2. The minimum atomic E-state index is -3.95. The summed E-state index contributed by atoms with van der Waals surface area (Å²) in [7, 11) is -3.95. The first-order valence-electron chi connectivity index (χ1n) is 7.53. The van der Waals surface area contributed by atoms with Gasteiger partial charge in [0.05, 0.1) is 4.90 Å². The molecule has 0 unspecified atom stereocenters. The van der Waals surface area contributed by atoms with Crippen LogP contribution in [-0.2, 0) is 14.8 Å². The third-order valence-electron chi connectivity index (χ3n) is 3.95. The highest BCUT2D eigenvalue weighted by Gasteiger charge is 2.35. The number of amides is 1. The van der Waals surface area contributed by atoms with Gasteiger partial charge in [-0.15, -0.1) is 0 Å². The number of hydrogen-bond acceptors (Lipinski definition) is 3. The third kappa shape index (κ3) is 3.32. The second-order valence-electron chi connectivity index (χ2n) is 5.75. The number of rotatable bonds is 4. The Morgan fingerprint density at radius 2 is 1.88 bits per heavy atom. The Morgan fingerprint density at radius 3 is 2.54 bits per heavy atom. The predicted molar refractivity (Wildman–Crippen MR) is 88.7 cm³/mol. The summed E-state index contributed by atoms with van der Waals surface area (Å²) in [5, 5.41) is 0. The van der Waals surface area contributed by atoms with E-state index in [-0.39, 0.29) is 10.8 Å². The van der Waals surface area contributed by atoms with E-state index in [1.165, 1.54) is 18.2 Å². The highest BCUT2D eigenvalue weighted by Crippen LogP contribution is 2.23. The van der Waals surface area contributed by atoms with Crippen molar-refractivity contribution in [3.05, 3.63) is 59.9 Å². The SMILES string of the molecule is Cc1ccc(N2CC[C@@H](NS(=O)(=O)c3cccc(F)c3)C2=O)cc1. The molecule has 1 aliphatic heterocycles. The van der Waals surface area contributed by atoms with E-state index in [9.17, 15) is 17.6 Å². The van der Waals surface area contributed by atoms with Crippen LogP contribution in [0.3, 0.4) is 0 Å². The zero-order valence-electron chi connectivity index (χ0n) is 13.1. The monoisotopic (exact) mass is 348 g/mol. The number of carbonyl (C=O) groups excluding carboxylic acids is 1. The van der Waals surface area contributed by atoms with E-state index in [4.69, 9.17) is 0 Å². The van der Waals surface area contributed by atoms with Crippen molar-refractivity contribution in [3.63, 3.8) is 0 Å². The molecule has 1 atom stereocenters. The highest BCUT2D eigenvalue weighted by atomic mass is 32.2. The maximum Gasteiger partial charge on any atom is 0.245 e. The number of benzene rings is 2. The zero-order valence-corrected chi connectivity index (χ0v) is 13.9. The molecule has 3 rings (SSSR count). The van der Waals surface area contributed by atoms with Crippen molar-refractivity contribution in [2.75, 3.05) is 11.4 Å². The zero-order chi connectivity index (χ0) is 17.3. The average molecular weight is 348 g/mol. The van der Waals surface area contributed by atoms with Crippen molar-refractivity contribution < 1.29 is 17.6 Å². The Labute approximate surface area is 140 Å². The van der Waals surface area contributed by atoms with Crippen LogP contribution in [0.5, 0.6) is 0 Å². The molecule has 5 nitrogen and oxygen atoms in total. The third-order valence-corrected chi connectivity index (χ3v) is 5.42. The van der Waals surface area contributed by atoms with Gasteiger partial charge in [-0.25, -0.2) is 12.8 Å². The number of sulfonamides is 1. The lowest BCUT2D eigenvalue weighted by atomic mass is 10.2. The summed E-state index contributed by atoms with van der Waals surface area (Å²) in [6.45, 7) is 2.38. The van der Waals surface area contributed by atoms with Gasteiger partial charge in [0.15, 0.2) is 0 Å². The molecule has 2 aromatic rings. The maximum absolute atomic E-state index is 13.2. The largest absolute Gasteiger partial charge is 0.311 e. The molecule has 1 fully saturated rings. The van der Waals surface area contributed by atoms with Gasteiger partial charge < -0.3 is 4.90 Å². The predicted octanol–water partition coefficient (Wildman–Crippen LogP) is 2.22. The lowest BCUT2D eigenvalue weighted by Crippen LogP contribution is -2.41. The van der Waals surface area contributed by atoms with Gasteiger partial charge in [-0.05, 0) is 43.7 Å². The summed E-state index contributed by atoms with van der Waals surface area (Å²) in [5.74, 6) is -0.948. The van der Waals surface area contributed by atoms with Crippen LogP contribution in [0.4, 0.5) is 10.1 Å². The van der Waals surface area contributed by atoms with Gasteiger partial charge in [-0.1, -0.05) is 23.8 Å². The van der Waals surface area contributed by atoms with Crippen molar-refractivity contribution in [3.8, 4) is 0 Å². The number of anilines is 1. The standard InChI is InChI=1S/C17H17FN2O3S/c1-12-5-7-14(8-6-12)20-10-9-16(17(20)21)19-24(22,23)15-4-2-3-13(18)11-15/h2-8,11,16,19H,9-10H2,1H3/t16-/m1/s1. The van der Waals surface area contributed by atoms with E-state index in [0.29, 0.717) is 13.0 Å². The van der Waals surface area contributed by atoms with E-state index in [1.54, 1.807) is 4.90 Å². The fraction of sp³-hybridized carbons (Fsp3) is 0.235. The smallest absolute Gasteiger partial charge is 0.245 e. The molecular weight excluding hydrogens is 331 g/mol. The Balaban J connectivity index is 1.77. The summed E-state index contributed by atoms with van der Waals surface area (Å²) in [6, 6.07) is 11.3. The second kappa shape index (κ2) is 6.33. The fourth-order valence-corrected chi connectivity index (χ4v) is 3.91. The van der Waals surface area contributed by atoms with Crippen LogP contribution >= 0.6 is 0 Å². The Morgan fingerprint density at radius 1 is 1.17 bits per heavy atom. The normalized spacial score (nSPS) is 18.2. The molecule has 7 heteroatoms. The molecule has 0 radical (unpaired) electrons. The van der Waals surface area contributed by atoms with Crippen molar-refractivity contribution in [1.29, 1.82) is 0 Å². The van der Waals surface area contributed by atoms with Crippen LogP contribution in [0.1, 0.15) is 12.0 Å². The fourth-order valence-electron chi connectivity index (χ4n) is 2.66. The van der Waals surface area contributed by atoms with E-state index < -0.39 is 21.9 Å². The van der Waals surface area contributed by atoms with Crippen LogP contribution in [0.2, 0.25) is 0 Å². The summed E-state index contributed by atoms with van der Waals surface area (Å²) >= 11 is 0. The van der Waals surface area contributed by atoms with Crippen LogP contribution in [-0.4, -0.2) is 26.9 Å². The lowest BCUT2D eigenvalue weighted by Gasteiger charge is -2.17. The quantitative estimate of drug-likeness (QED) is 0.921. The van der Waals surface area contributed by atoms with Crippen LogP contribution in [0.25, 0.3) is 0 Å². The number of halogens is 1. The van der Waals surface area contributed by atoms with Crippen molar-refractivity contribution in [2.24, 2.45) is 0 Å². The highest BCUT2D eigenvalue weighted by molar-refractivity contribution is 7.89. The molecule has 0 saturated carbocycles. The molecular formula is C17H17FN2O3S. The second-order valence-corrected chi connectivity index (χ2v) is 7.46. The number of carbonyl (C=O) groups is 1. The molecule has 2 aromatic carbocycles. The molecule has 0 spiro atoms. The van der Waals surface area contributed by atoms with Crippen LogP contribution in [0, 0.1) is 12.7 Å². The first kappa shape index (κ1) is 16.6. The van der Waals surface area contributed by atoms with E-state index >= 15 is 0 Å². The topological polar surface area (TPSA) is 66.5 Å². The summed E-state index contributed by atoms with van der Waals surface area (Å²) in [4.78, 5) is 13.9. The van der Waals surface area contributed by atoms with Gasteiger partial charge in [0.1, 0.15) is 11.9 Å². The average Bonchev–Trinajstić information content (AvgIpc) is 2.89. The molecule has 1 heterocycles. The molecule has 0 aromatic heterocycles. The molecule has 24 heavy (non-hydrogen) atoms. The summed E-state index contributed by atoms with van der Waals surface area (Å²) in [6.07, 6.45) is 0.362. The molecule has 0 aliphatic carbocycles. The van der Waals surface area contributed by atoms with Crippen molar-refractivity contribution >= 4 is 21.6 Å². The summed E-state index contributed by atoms with van der Waals surface area (Å²) in [5.41, 5.74) is 1.81. The molecule has 1 aliphatic rings.